The number of amides is 2. The van der Waals surface area contributed by atoms with E-state index >= 15 is 0 Å². The number of carbonyl (C=O) groups excluding carboxylic acids is 1. The predicted octanol–water partition coefficient (Wildman–Crippen LogP) is 3.25. The van der Waals surface area contributed by atoms with Crippen LogP contribution >= 0.6 is 0 Å². The molecule has 0 radical (unpaired) electrons. The molecule has 2 rings (SSSR count). The number of aryl methyl sites for hydroxylation is 1. The maximum atomic E-state index is 11.5. The lowest BCUT2D eigenvalue weighted by atomic mass is 10.2. The van der Waals surface area contributed by atoms with E-state index in [1.807, 2.05) is 61.5 Å². The van der Waals surface area contributed by atoms with Crippen LogP contribution in [0.15, 0.2) is 54.6 Å². The van der Waals surface area contributed by atoms with E-state index in [0.29, 0.717) is 6.61 Å². The van der Waals surface area contributed by atoms with E-state index in [1.54, 1.807) is 0 Å². The monoisotopic (exact) mass is 256 g/mol. The second-order valence-corrected chi connectivity index (χ2v) is 4.20. The minimum absolute atomic E-state index is 0.335. The highest BCUT2D eigenvalue weighted by Crippen LogP contribution is 2.08. The fourth-order valence-electron chi connectivity index (χ4n) is 1.55. The van der Waals surface area contributed by atoms with E-state index in [2.05, 4.69) is 10.8 Å². The van der Waals surface area contributed by atoms with Crippen LogP contribution in [-0.4, -0.2) is 6.03 Å². The topological polar surface area (TPSA) is 50.4 Å². The second-order valence-electron chi connectivity index (χ2n) is 4.20. The molecule has 19 heavy (non-hydrogen) atoms. The molecule has 0 heterocycles. The second kappa shape index (κ2) is 6.56. The van der Waals surface area contributed by atoms with Crippen molar-refractivity contribution < 1.29 is 9.63 Å². The van der Waals surface area contributed by atoms with Gasteiger partial charge in [0.15, 0.2) is 0 Å². The fraction of sp³-hybridized carbons (Fsp3) is 0.133. The summed E-state index contributed by atoms with van der Waals surface area (Å²) in [5, 5.41) is 2.68. The van der Waals surface area contributed by atoms with Gasteiger partial charge in [0.25, 0.3) is 0 Å². The van der Waals surface area contributed by atoms with Crippen LogP contribution in [-0.2, 0) is 11.4 Å². The van der Waals surface area contributed by atoms with Crippen LogP contribution in [0.4, 0.5) is 10.5 Å². The first-order valence-corrected chi connectivity index (χ1v) is 6.03. The van der Waals surface area contributed by atoms with Crippen LogP contribution in [0.2, 0.25) is 0 Å². The standard InChI is InChI=1S/C15H16N2O2/c1-12-7-9-14(10-8-12)16-15(18)17-19-11-13-5-3-2-4-6-13/h2-10H,11H2,1H3,(H2,16,17,18). The minimum atomic E-state index is -0.389. The number of hydroxylamine groups is 1. The quantitative estimate of drug-likeness (QED) is 0.825. The number of rotatable bonds is 4. The van der Waals surface area contributed by atoms with E-state index in [4.69, 9.17) is 4.84 Å². The third-order valence-electron chi connectivity index (χ3n) is 2.56. The minimum Gasteiger partial charge on any atom is -0.306 e. The van der Waals surface area contributed by atoms with Gasteiger partial charge in [0.05, 0.1) is 6.61 Å². The molecule has 2 aromatic rings. The van der Waals surface area contributed by atoms with Gasteiger partial charge in [-0.05, 0) is 24.6 Å². The number of hydrogen-bond donors (Lipinski definition) is 2. The highest BCUT2D eigenvalue weighted by Gasteiger charge is 2.01. The van der Waals surface area contributed by atoms with Gasteiger partial charge in [-0.3, -0.25) is 4.84 Å². The molecular formula is C15H16N2O2. The highest BCUT2D eigenvalue weighted by atomic mass is 16.7. The molecule has 4 heteroatoms. The van der Waals surface area contributed by atoms with Crippen LogP contribution < -0.4 is 10.8 Å². The summed E-state index contributed by atoms with van der Waals surface area (Å²) in [7, 11) is 0. The summed E-state index contributed by atoms with van der Waals surface area (Å²) in [6.45, 7) is 2.33. The Bertz CT molecular complexity index is 524. The Morgan fingerprint density at radius 2 is 1.74 bits per heavy atom. The smallest absolute Gasteiger partial charge is 0.306 e. The van der Waals surface area contributed by atoms with E-state index in [1.165, 1.54) is 0 Å². The largest absolute Gasteiger partial charge is 0.343 e. The van der Waals surface area contributed by atoms with E-state index in [-0.39, 0.29) is 6.03 Å². The lowest BCUT2D eigenvalue weighted by molar-refractivity contribution is 0.0536. The average molecular weight is 256 g/mol. The molecule has 0 bridgehead atoms. The van der Waals surface area contributed by atoms with Crippen molar-refractivity contribution in [2.75, 3.05) is 5.32 Å². The molecule has 0 aromatic heterocycles. The van der Waals surface area contributed by atoms with Crippen molar-refractivity contribution in [3.63, 3.8) is 0 Å². The van der Waals surface area contributed by atoms with E-state index < -0.39 is 0 Å². The number of hydrogen-bond acceptors (Lipinski definition) is 2. The third-order valence-corrected chi connectivity index (χ3v) is 2.56. The van der Waals surface area contributed by atoms with Crippen molar-refractivity contribution in [1.29, 1.82) is 0 Å². The van der Waals surface area contributed by atoms with Crippen LogP contribution in [0, 0.1) is 6.92 Å². The van der Waals surface area contributed by atoms with Gasteiger partial charge in [-0.2, -0.15) is 0 Å². The summed E-state index contributed by atoms with van der Waals surface area (Å²) in [6, 6.07) is 16.8. The molecule has 0 saturated carbocycles. The van der Waals surface area contributed by atoms with Crippen molar-refractivity contribution in [1.82, 2.24) is 5.48 Å². The van der Waals surface area contributed by atoms with Gasteiger partial charge in [0.1, 0.15) is 0 Å². The molecule has 2 amide bonds. The summed E-state index contributed by atoms with van der Waals surface area (Å²) in [5.74, 6) is 0. The Morgan fingerprint density at radius 1 is 1.05 bits per heavy atom. The highest BCUT2D eigenvalue weighted by molar-refractivity contribution is 5.88. The Hall–Kier alpha value is -2.33. The molecule has 0 spiro atoms. The van der Waals surface area contributed by atoms with Crippen LogP contribution in [0.5, 0.6) is 0 Å². The van der Waals surface area contributed by atoms with Crippen molar-refractivity contribution in [3.05, 3.63) is 65.7 Å². The normalized spacial score (nSPS) is 9.95. The molecule has 0 atom stereocenters. The first-order valence-electron chi connectivity index (χ1n) is 6.03. The fourth-order valence-corrected chi connectivity index (χ4v) is 1.55. The van der Waals surface area contributed by atoms with Gasteiger partial charge in [0.2, 0.25) is 0 Å². The van der Waals surface area contributed by atoms with Crippen LogP contribution in [0.3, 0.4) is 0 Å². The molecule has 4 nitrogen and oxygen atoms in total. The zero-order valence-corrected chi connectivity index (χ0v) is 10.7. The number of carbonyl (C=O) groups is 1. The third kappa shape index (κ3) is 4.44. The number of nitrogens with one attached hydrogen (secondary N) is 2. The Labute approximate surface area is 112 Å². The molecule has 2 N–H and O–H groups in total. The first kappa shape index (κ1) is 13.1. The molecule has 0 unspecified atom stereocenters. The zero-order valence-electron chi connectivity index (χ0n) is 10.7. The van der Waals surface area contributed by atoms with Crippen molar-refractivity contribution >= 4 is 11.7 Å². The van der Waals surface area contributed by atoms with Crippen molar-refractivity contribution in [3.8, 4) is 0 Å². The number of urea groups is 1. The van der Waals surface area contributed by atoms with Gasteiger partial charge in [-0.1, -0.05) is 48.0 Å². The van der Waals surface area contributed by atoms with Gasteiger partial charge in [-0.25, -0.2) is 10.3 Å². The molecule has 0 saturated heterocycles. The van der Waals surface area contributed by atoms with Crippen LogP contribution in [0.1, 0.15) is 11.1 Å². The molecule has 2 aromatic carbocycles. The lowest BCUT2D eigenvalue weighted by Gasteiger charge is -2.08. The summed E-state index contributed by atoms with van der Waals surface area (Å²) in [4.78, 5) is 16.7. The average Bonchev–Trinajstić information content (AvgIpc) is 2.43. The zero-order chi connectivity index (χ0) is 13.5. The maximum absolute atomic E-state index is 11.5. The Morgan fingerprint density at radius 3 is 2.42 bits per heavy atom. The Balaban J connectivity index is 1.74. The molecule has 0 aliphatic carbocycles. The molecular weight excluding hydrogens is 240 g/mol. The molecule has 0 aliphatic heterocycles. The van der Waals surface area contributed by atoms with Gasteiger partial charge < -0.3 is 5.32 Å². The lowest BCUT2D eigenvalue weighted by Crippen LogP contribution is -2.28. The van der Waals surface area contributed by atoms with E-state index in [0.717, 1.165) is 16.8 Å². The number of benzene rings is 2. The first-order chi connectivity index (χ1) is 9.24. The van der Waals surface area contributed by atoms with Crippen molar-refractivity contribution in [2.24, 2.45) is 0 Å². The summed E-state index contributed by atoms with van der Waals surface area (Å²) >= 11 is 0. The maximum Gasteiger partial charge on any atom is 0.343 e. The van der Waals surface area contributed by atoms with E-state index in [9.17, 15) is 4.79 Å². The SMILES string of the molecule is Cc1ccc(NC(=O)NOCc2ccccc2)cc1. The Kier molecular flexibility index (Phi) is 4.53. The molecule has 98 valence electrons. The predicted molar refractivity (Wildman–Crippen MR) is 74.6 cm³/mol. The molecule has 0 fully saturated rings. The van der Waals surface area contributed by atoms with Crippen molar-refractivity contribution in [2.45, 2.75) is 13.5 Å². The van der Waals surface area contributed by atoms with Crippen LogP contribution in [0.25, 0.3) is 0 Å². The van der Waals surface area contributed by atoms with Gasteiger partial charge >= 0.3 is 6.03 Å². The van der Waals surface area contributed by atoms with Gasteiger partial charge in [-0.15, -0.1) is 0 Å². The summed E-state index contributed by atoms with van der Waals surface area (Å²) < 4.78 is 0. The molecule has 0 aliphatic rings. The summed E-state index contributed by atoms with van der Waals surface area (Å²) in [6.07, 6.45) is 0. The summed E-state index contributed by atoms with van der Waals surface area (Å²) in [5.41, 5.74) is 5.22. The van der Waals surface area contributed by atoms with Gasteiger partial charge in [0, 0.05) is 5.69 Å². The number of anilines is 1.